The van der Waals surface area contributed by atoms with Crippen LogP contribution in [0.25, 0.3) is 0 Å². The molecule has 0 aliphatic carbocycles. The van der Waals surface area contributed by atoms with E-state index in [4.69, 9.17) is 5.73 Å². The first-order valence-corrected chi connectivity index (χ1v) is 7.74. The molecule has 0 aromatic heterocycles. The van der Waals surface area contributed by atoms with Crippen molar-refractivity contribution in [1.82, 2.24) is 4.90 Å². The maximum Gasteiger partial charge on any atom is 0.241 e. The van der Waals surface area contributed by atoms with Gasteiger partial charge in [0.2, 0.25) is 5.91 Å². The van der Waals surface area contributed by atoms with E-state index in [1.165, 1.54) is 31.5 Å². The van der Waals surface area contributed by atoms with Crippen LogP contribution in [0.15, 0.2) is 24.3 Å². The van der Waals surface area contributed by atoms with E-state index in [0.29, 0.717) is 0 Å². The maximum atomic E-state index is 12.1. The molecule has 1 aliphatic heterocycles. The summed E-state index contributed by atoms with van der Waals surface area (Å²) in [4.78, 5) is 14.5. The first-order chi connectivity index (χ1) is 9.86. The number of nitrogens with one attached hydrogen (secondary N) is 1. The number of likely N-dealkylation sites (tertiary alicyclic amines) is 1. The van der Waals surface area contributed by atoms with Gasteiger partial charge in [0.15, 0.2) is 0 Å². The number of nitrogens with two attached hydrogens (primary N) is 1. The Morgan fingerprint density at radius 3 is 2.33 bits per heavy atom. The van der Waals surface area contributed by atoms with Gasteiger partial charge in [-0.05, 0) is 49.0 Å². The highest BCUT2D eigenvalue weighted by Gasteiger charge is 2.27. The molecule has 2 rings (SSSR count). The van der Waals surface area contributed by atoms with Crippen LogP contribution in [0.3, 0.4) is 0 Å². The molecule has 21 heavy (non-hydrogen) atoms. The van der Waals surface area contributed by atoms with Gasteiger partial charge < -0.3 is 11.1 Å². The lowest BCUT2D eigenvalue weighted by atomic mass is 9.87. The zero-order valence-corrected chi connectivity index (χ0v) is 13.4. The molecule has 1 atom stereocenters. The molecule has 4 heteroatoms. The second-order valence-corrected chi connectivity index (χ2v) is 7.01. The summed E-state index contributed by atoms with van der Waals surface area (Å²) in [7, 11) is 0. The molecule has 0 spiro atoms. The highest BCUT2D eigenvalue weighted by Crippen LogP contribution is 2.20. The molecule has 3 N–H and O–H groups in total. The van der Waals surface area contributed by atoms with Crippen LogP contribution in [0, 0.1) is 5.41 Å². The van der Waals surface area contributed by atoms with Gasteiger partial charge in [-0.3, -0.25) is 9.69 Å². The van der Waals surface area contributed by atoms with E-state index in [1.807, 2.05) is 32.9 Å². The number of hydrogen-bond acceptors (Lipinski definition) is 3. The SMILES string of the molecule is CC(C)(C)[C@@H](N)C(=O)Nc1ccc(CN2CCCC2)cc1. The molecule has 1 amide bonds. The van der Waals surface area contributed by atoms with Gasteiger partial charge in [-0.15, -0.1) is 0 Å². The van der Waals surface area contributed by atoms with Crippen molar-refractivity contribution in [3.05, 3.63) is 29.8 Å². The summed E-state index contributed by atoms with van der Waals surface area (Å²) in [5, 5.41) is 2.89. The van der Waals surface area contributed by atoms with E-state index in [9.17, 15) is 4.79 Å². The zero-order chi connectivity index (χ0) is 15.5. The van der Waals surface area contributed by atoms with E-state index < -0.39 is 6.04 Å². The molecule has 1 aromatic carbocycles. The Labute approximate surface area is 127 Å². The van der Waals surface area contributed by atoms with Gasteiger partial charge >= 0.3 is 0 Å². The Kier molecular flexibility index (Phi) is 5.01. The minimum atomic E-state index is -0.512. The molecule has 1 fully saturated rings. The molecule has 4 nitrogen and oxygen atoms in total. The van der Waals surface area contributed by atoms with E-state index in [1.54, 1.807) is 0 Å². The number of amides is 1. The van der Waals surface area contributed by atoms with E-state index in [-0.39, 0.29) is 11.3 Å². The monoisotopic (exact) mass is 289 g/mol. The van der Waals surface area contributed by atoms with Crippen molar-refractivity contribution < 1.29 is 4.79 Å². The van der Waals surface area contributed by atoms with Gasteiger partial charge in [0.1, 0.15) is 0 Å². The standard InChI is InChI=1S/C17H27N3O/c1-17(2,3)15(18)16(21)19-14-8-6-13(7-9-14)12-20-10-4-5-11-20/h6-9,15H,4-5,10-12,18H2,1-3H3,(H,19,21)/t15-/m0/s1. The van der Waals surface area contributed by atoms with Crippen molar-refractivity contribution in [3.8, 4) is 0 Å². The summed E-state index contributed by atoms with van der Waals surface area (Å²) in [6.45, 7) is 9.29. The predicted molar refractivity (Wildman–Crippen MR) is 87.0 cm³/mol. The summed E-state index contributed by atoms with van der Waals surface area (Å²) in [5.74, 6) is -0.130. The average molecular weight is 289 g/mol. The van der Waals surface area contributed by atoms with E-state index in [2.05, 4.69) is 22.3 Å². The normalized spacial score (nSPS) is 17.7. The molecular formula is C17H27N3O. The largest absolute Gasteiger partial charge is 0.325 e. The highest BCUT2D eigenvalue weighted by molar-refractivity contribution is 5.95. The maximum absolute atomic E-state index is 12.1. The highest BCUT2D eigenvalue weighted by atomic mass is 16.2. The summed E-state index contributed by atoms with van der Waals surface area (Å²) >= 11 is 0. The number of carbonyl (C=O) groups is 1. The minimum Gasteiger partial charge on any atom is -0.325 e. The number of benzene rings is 1. The summed E-state index contributed by atoms with van der Waals surface area (Å²) < 4.78 is 0. The molecule has 1 aliphatic rings. The van der Waals surface area contributed by atoms with E-state index in [0.717, 1.165) is 12.2 Å². The van der Waals surface area contributed by atoms with Crippen molar-refractivity contribution in [1.29, 1.82) is 0 Å². The molecule has 0 bridgehead atoms. The smallest absolute Gasteiger partial charge is 0.241 e. The van der Waals surface area contributed by atoms with Crippen LogP contribution in [-0.2, 0) is 11.3 Å². The molecule has 1 saturated heterocycles. The molecule has 0 saturated carbocycles. The number of nitrogens with zero attached hydrogens (tertiary/aromatic N) is 1. The molecule has 116 valence electrons. The lowest BCUT2D eigenvalue weighted by molar-refractivity contribution is -0.119. The number of anilines is 1. The van der Waals surface area contributed by atoms with E-state index >= 15 is 0 Å². The second kappa shape index (κ2) is 6.58. The second-order valence-electron chi connectivity index (χ2n) is 7.01. The predicted octanol–water partition coefficient (Wildman–Crippen LogP) is 2.59. The Morgan fingerprint density at radius 2 is 1.81 bits per heavy atom. The lowest BCUT2D eigenvalue weighted by Crippen LogP contribution is -2.45. The molecule has 0 unspecified atom stereocenters. The van der Waals surface area contributed by atoms with Gasteiger partial charge in [-0.1, -0.05) is 32.9 Å². The molecular weight excluding hydrogens is 262 g/mol. The lowest BCUT2D eigenvalue weighted by Gasteiger charge is -2.25. The zero-order valence-electron chi connectivity index (χ0n) is 13.4. The number of rotatable bonds is 4. The summed E-state index contributed by atoms with van der Waals surface area (Å²) in [6, 6.07) is 7.56. The van der Waals surface area contributed by atoms with Crippen LogP contribution < -0.4 is 11.1 Å². The van der Waals surface area contributed by atoms with Crippen LogP contribution in [0.1, 0.15) is 39.2 Å². The van der Waals surface area contributed by atoms with Crippen LogP contribution in [0.5, 0.6) is 0 Å². The first kappa shape index (κ1) is 16.0. The summed E-state index contributed by atoms with van der Waals surface area (Å²) in [5.41, 5.74) is 7.82. The van der Waals surface area contributed by atoms with Crippen LogP contribution >= 0.6 is 0 Å². The van der Waals surface area contributed by atoms with Crippen molar-refractivity contribution in [3.63, 3.8) is 0 Å². The van der Waals surface area contributed by atoms with Gasteiger partial charge in [-0.2, -0.15) is 0 Å². The quantitative estimate of drug-likeness (QED) is 0.895. The first-order valence-electron chi connectivity index (χ1n) is 7.74. The fourth-order valence-corrected chi connectivity index (χ4v) is 2.51. The molecule has 1 heterocycles. The van der Waals surface area contributed by atoms with Crippen LogP contribution in [-0.4, -0.2) is 29.9 Å². The third-order valence-corrected chi connectivity index (χ3v) is 4.04. The van der Waals surface area contributed by atoms with Gasteiger partial charge in [0.05, 0.1) is 6.04 Å². The topological polar surface area (TPSA) is 58.4 Å². The van der Waals surface area contributed by atoms with Crippen molar-refractivity contribution in [2.45, 2.75) is 46.2 Å². The summed E-state index contributed by atoms with van der Waals surface area (Å²) in [6.07, 6.45) is 2.61. The van der Waals surface area contributed by atoms with Gasteiger partial charge in [-0.25, -0.2) is 0 Å². The molecule has 0 radical (unpaired) electrons. The number of hydrogen-bond donors (Lipinski definition) is 2. The Hall–Kier alpha value is -1.39. The molecule has 1 aromatic rings. The van der Waals surface area contributed by atoms with Crippen LogP contribution in [0.4, 0.5) is 5.69 Å². The third kappa shape index (κ3) is 4.55. The third-order valence-electron chi connectivity index (χ3n) is 4.04. The minimum absolute atomic E-state index is 0.130. The number of carbonyl (C=O) groups excluding carboxylic acids is 1. The van der Waals surface area contributed by atoms with Crippen LogP contribution in [0.2, 0.25) is 0 Å². The van der Waals surface area contributed by atoms with Crippen molar-refractivity contribution in [2.24, 2.45) is 11.1 Å². The fourth-order valence-electron chi connectivity index (χ4n) is 2.51. The average Bonchev–Trinajstić information content (AvgIpc) is 2.92. The van der Waals surface area contributed by atoms with Gasteiger partial charge in [0.25, 0.3) is 0 Å². The Morgan fingerprint density at radius 1 is 1.24 bits per heavy atom. The van der Waals surface area contributed by atoms with Gasteiger partial charge in [0, 0.05) is 12.2 Å². The van der Waals surface area contributed by atoms with Crippen molar-refractivity contribution >= 4 is 11.6 Å². The Bertz CT molecular complexity index is 470. The Balaban J connectivity index is 1.91. The fraction of sp³-hybridized carbons (Fsp3) is 0.588. The van der Waals surface area contributed by atoms with Crippen molar-refractivity contribution in [2.75, 3.05) is 18.4 Å².